The SMILES string of the molecule is Cc1nc(CN2CCCC(C(=O)O)C2)no1. The monoisotopic (exact) mass is 225 g/mol. The van der Waals surface area contributed by atoms with Crippen LogP contribution in [0, 0.1) is 12.8 Å². The van der Waals surface area contributed by atoms with Crippen LogP contribution in [-0.4, -0.2) is 39.2 Å². The van der Waals surface area contributed by atoms with Crippen LogP contribution >= 0.6 is 0 Å². The largest absolute Gasteiger partial charge is 0.481 e. The van der Waals surface area contributed by atoms with Gasteiger partial charge in [0.25, 0.3) is 0 Å². The number of hydrogen-bond acceptors (Lipinski definition) is 5. The Hall–Kier alpha value is -1.43. The predicted octanol–water partition coefficient (Wildman–Crippen LogP) is 0.675. The van der Waals surface area contributed by atoms with Crippen molar-refractivity contribution < 1.29 is 14.4 Å². The molecule has 2 rings (SSSR count). The van der Waals surface area contributed by atoms with Gasteiger partial charge in [-0.3, -0.25) is 9.69 Å². The van der Waals surface area contributed by atoms with Gasteiger partial charge < -0.3 is 9.63 Å². The van der Waals surface area contributed by atoms with E-state index in [0.29, 0.717) is 24.8 Å². The van der Waals surface area contributed by atoms with Crippen LogP contribution < -0.4 is 0 Å². The number of carboxylic acid groups (broad SMARTS) is 1. The van der Waals surface area contributed by atoms with E-state index in [4.69, 9.17) is 9.63 Å². The van der Waals surface area contributed by atoms with Gasteiger partial charge in [0.1, 0.15) is 0 Å². The minimum Gasteiger partial charge on any atom is -0.481 e. The minimum absolute atomic E-state index is 0.262. The summed E-state index contributed by atoms with van der Waals surface area (Å²) in [5, 5.41) is 12.8. The third-order valence-electron chi connectivity index (χ3n) is 2.79. The Kier molecular flexibility index (Phi) is 3.19. The van der Waals surface area contributed by atoms with Crippen molar-refractivity contribution in [2.75, 3.05) is 13.1 Å². The molecule has 0 aromatic carbocycles. The van der Waals surface area contributed by atoms with Gasteiger partial charge in [0.15, 0.2) is 5.82 Å². The van der Waals surface area contributed by atoms with E-state index in [1.807, 2.05) is 0 Å². The second-order valence-electron chi connectivity index (χ2n) is 4.14. The summed E-state index contributed by atoms with van der Waals surface area (Å²) in [6, 6.07) is 0. The van der Waals surface area contributed by atoms with Crippen molar-refractivity contribution in [3.8, 4) is 0 Å². The summed E-state index contributed by atoms with van der Waals surface area (Å²) in [5.41, 5.74) is 0. The van der Waals surface area contributed by atoms with E-state index in [1.165, 1.54) is 0 Å². The van der Waals surface area contributed by atoms with Gasteiger partial charge in [-0.25, -0.2) is 0 Å². The first-order chi connectivity index (χ1) is 7.65. The lowest BCUT2D eigenvalue weighted by atomic mass is 9.98. The average Bonchev–Trinajstić information content (AvgIpc) is 2.64. The molecule has 1 aliphatic heterocycles. The first kappa shape index (κ1) is 11.1. The van der Waals surface area contributed by atoms with Crippen molar-refractivity contribution in [3.05, 3.63) is 11.7 Å². The fraction of sp³-hybridized carbons (Fsp3) is 0.700. The molecule has 1 unspecified atom stereocenters. The molecular weight excluding hydrogens is 210 g/mol. The number of carboxylic acids is 1. The Balaban J connectivity index is 1.92. The summed E-state index contributed by atoms with van der Waals surface area (Å²) in [6.07, 6.45) is 1.67. The van der Waals surface area contributed by atoms with Crippen LogP contribution in [0.1, 0.15) is 24.6 Å². The number of likely N-dealkylation sites (tertiary alicyclic amines) is 1. The maximum Gasteiger partial charge on any atom is 0.307 e. The van der Waals surface area contributed by atoms with Gasteiger partial charge in [-0.05, 0) is 19.4 Å². The molecular formula is C10H15N3O3. The smallest absolute Gasteiger partial charge is 0.307 e. The number of aliphatic carboxylic acids is 1. The maximum atomic E-state index is 10.9. The average molecular weight is 225 g/mol. The maximum absolute atomic E-state index is 10.9. The number of piperidine rings is 1. The highest BCUT2D eigenvalue weighted by molar-refractivity contribution is 5.70. The van der Waals surface area contributed by atoms with Crippen molar-refractivity contribution in [2.24, 2.45) is 5.92 Å². The van der Waals surface area contributed by atoms with Gasteiger partial charge in [0, 0.05) is 13.5 Å². The van der Waals surface area contributed by atoms with E-state index in [-0.39, 0.29) is 5.92 Å². The van der Waals surface area contributed by atoms with E-state index in [9.17, 15) is 4.79 Å². The zero-order valence-corrected chi connectivity index (χ0v) is 9.22. The topological polar surface area (TPSA) is 79.5 Å². The fourth-order valence-electron chi connectivity index (χ4n) is 2.01. The molecule has 6 heteroatoms. The number of nitrogens with zero attached hydrogens (tertiary/aromatic N) is 3. The Labute approximate surface area is 93.2 Å². The lowest BCUT2D eigenvalue weighted by Crippen LogP contribution is -2.38. The number of carbonyl (C=O) groups is 1. The summed E-state index contributed by atoms with van der Waals surface area (Å²) in [6.45, 7) is 3.79. The molecule has 1 atom stereocenters. The lowest BCUT2D eigenvalue weighted by molar-refractivity contribution is -0.143. The molecule has 16 heavy (non-hydrogen) atoms. The highest BCUT2D eigenvalue weighted by Gasteiger charge is 2.25. The van der Waals surface area contributed by atoms with Gasteiger partial charge in [-0.1, -0.05) is 5.16 Å². The highest BCUT2D eigenvalue weighted by atomic mass is 16.5. The third-order valence-corrected chi connectivity index (χ3v) is 2.79. The molecule has 0 amide bonds. The minimum atomic E-state index is -0.714. The van der Waals surface area contributed by atoms with Crippen LogP contribution in [0.5, 0.6) is 0 Å². The molecule has 88 valence electrons. The van der Waals surface area contributed by atoms with Gasteiger partial charge in [-0.2, -0.15) is 4.98 Å². The molecule has 6 nitrogen and oxygen atoms in total. The van der Waals surface area contributed by atoms with Crippen molar-refractivity contribution in [3.63, 3.8) is 0 Å². The quantitative estimate of drug-likeness (QED) is 0.814. The first-order valence-electron chi connectivity index (χ1n) is 5.39. The second-order valence-corrected chi connectivity index (χ2v) is 4.14. The Morgan fingerprint density at radius 1 is 1.69 bits per heavy atom. The Morgan fingerprint density at radius 3 is 3.12 bits per heavy atom. The summed E-state index contributed by atoms with van der Waals surface area (Å²) < 4.78 is 4.88. The molecule has 0 aliphatic carbocycles. The molecule has 0 saturated carbocycles. The zero-order chi connectivity index (χ0) is 11.5. The molecule has 0 bridgehead atoms. The third kappa shape index (κ3) is 2.57. The molecule has 1 saturated heterocycles. The Bertz CT molecular complexity index is 377. The van der Waals surface area contributed by atoms with Crippen LogP contribution in [0.4, 0.5) is 0 Å². The molecule has 1 fully saturated rings. The van der Waals surface area contributed by atoms with Crippen LogP contribution in [-0.2, 0) is 11.3 Å². The fourth-order valence-corrected chi connectivity index (χ4v) is 2.01. The standard InChI is InChI=1S/C10H15N3O3/c1-7-11-9(12-16-7)6-13-4-2-3-8(5-13)10(14)15/h8H,2-6H2,1H3,(H,14,15). The number of hydrogen-bond donors (Lipinski definition) is 1. The normalized spacial score (nSPS) is 22.2. The molecule has 0 radical (unpaired) electrons. The van der Waals surface area contributed by atoms with Gasteiger partial charge in [0.2, 0.25) is 5.89 Å². The van der Waals surface area contributed by atoms with Crippen LogP contribution in [0.15, 0.2) is 4.52 Å². The molecule has 1 aromatic heterocycles. The lowest BCUT2D eigenvalue weighted by Gasteiger charge is -2.29. The van der Waals surface area contributed by atoms with E-state index in [2.05, 4.69) is 15.0 Å². The van der Waals surface area contributed by atoms with Crippen molar-refractivity contribution in [2.45, 2.75) is 26.3 Å². The molecule has 1 aliphatic rings. The number of aromatic nitrogens is 2. The van der Waals surface area contributed by atoms with E-state index >= 15 is 0 Å². The molecule has 2 heterocycles. The van der Waals surface area contributed by atoms with Crippen LogP contribution in [0.25, 0.3) is 0 Å². The second kappa shape index (κ2) is 4.61. The van der Waals surface area contributed by atoms with Crippen molar-refractivity contribution in [1.82, 2.24) is 15.0 Å². The predicted molar refractivity (Wildman–Crippen MR) is 54.7 cm³/mol. The first-order valence-corrected chi connectivity index (χ1v) is 5.39. The van der Waals surface area contributed by atoms with E-state index in [0.717, 1.165) is 19.4 Å². The van der Waals surface area contributed by atoms with Gasteiger partial charge in [-0.15, -0.1) is 0 Å². The van der Waals surface area contributed by atoms with E-state index < -0.39 is 5.97 Å². The molecule has 0 spiro atoms. The van der Waals surface area contributed by atoms with Gasteiger partial charge in [0.05, 0.1) is 12.5 Å². The van der Waals surface area contributed by atoms with Crippen LogP contribution in [0.3, 0.4) is 0 Å². The van der Waals surface area contributed by atoms with Crippen molar-refractivity contribution >= 4 is 5.97 Å². The summed E-state index contributed by atoms with van der Waals surface area (Å²) in [5.74, 6) is 0.195. The number of rotatable bonds is 3. The zero-order valence-electron chi connectivity index (χ0n) is 9.22. The molecule has 1 N–H and O–H groups in total. The summed E-state index contributed by atoms with van der Waals surface area (Å²) in [7, 11) is 0. The number of aryl methyl sites for hydroxylation is 1. The van der Waals surface area contributed by atoms with Gasteiger partial charge >= 0.3 is 5.97 Å². The van der Waals surface area contributed by atoms with Crippen LogP contribution in [0.2, 0.25) is 0 Å². The summed E-state index contributed by atoms with van der Waals surface area (Å²) >= 11 is 0. The highest BCUT2D eigenvalue weighted by Crippen LogP contribution is 2.17. The molecule has 1 aromatic rings. The summed E-state index contributed by atoms with van der Waals surface area (Å²) in [4.78, 5) is 17.0. The van der Waals surface area contributed by atoms with Crippen molar-refractivity contribution in [1.29, 1.82) is 0 Å². The Morgan fingerprint density at radius 2 is 2.50 bits per heavy atom. The van der Waals surface area contributed by atoms with E-state index in [1.54, 1.807) is 6.92 Å².